The van der Waals surface area contributed by atoms with Crippen LogP contribution in [-0.4, -0.2) is 21.7 Å². The van der Waals surface area contributed by atoms with E-state index in [1.54, 1.807) is 0 Å². The predicted molar refractivity (Wildman–Crippen MR) is 92.9 cm³/mol. The fourth-order valence-electron chi connectivity index (χ4n) is 3.06. The van der Waals surface area contributed by atoms with Gasteiger partial charge in [0.15, 0.2) is 0 Å². The Morgan fingerprint density at radius 3 is 2.75 bits per heavy atom. The van der Waals surface area contributed by atoms with Crippen molar-refractivity contribution < 1.29 is 9.21 Å². The second-order valence-corrected chi connectivity index (χ2v) is 7.18. The summed E-state index contributed by atoms with van der Waals surface area (Å²) in [5, 5.41) is 9.17. The first-order valence-corrected chi connectivity index (χ1v) is 9.51. The van der Waals surface area contributed by atoms with Gasteiger partial charge in [0.1, 0.15) is 0 Å². The molecule has 6 nitrogen and oxygen atoms in total. The molecule has 0 radical (unpaired) electrons. The molecule has 0 bridgehead atoms. The quantitative estimate of drug-likeness (QED) is 0.899. The van der Waals surface area contributed by atoms with Crippen LogP contribution in [0.3, 0.4) is 0 Å². The number of thiophene rings is 1. The number of carbonyl (C=O) groups excluding carboxylic acids is 1. The van der Waals surface area contributed by atoms with Crippen LogP contribution in [-0.2, 0) is 11.3 Å². The highest BCUT2D eigenvalue weighted by Gasteiger charge is 2.16. The van der Waals surface area contributed by atoms with E-state index >= 15 is 0 Å². The Kier molecular flexibility index (Phi) is 5.85. The fourth-order valence-corrected chi connectivity index (χ4v) is 3.70. The highest BCUT2D eigenvalue weighted by atomic mass is 32.1. The van der Waals surface area contributed by atoms with Crippen molar-refractivity contribution >= 4 is 17.2 Å². The van der Waals surface area contributed by atoms with Crippen LogP contribution < -0.4 is 11.1 Å². The molecule has 0 spiro atoms. The van der Waals surface area contributed by atoms with Crippen LogP contribution in [0.5, 0.6) is 0 Å². The maximum Gasteiger partial charge on any atom is 0.437 e. The van der Waals surface area contributed by atoms with Crippen molar-refractivity contribution in [2.45, 2.75) is 64.0 Å². The van der Waals surface area contributed by atoms with Crippen LogP contribution in [0.2, 0.25) is 0 Å². The van der Waals surface area contributed by atoms with Gasteiger partial charge in [0.05, 0.1) is 11.4 Å². The Morgan fingerprint density at radius 2 is 2.04 bits per heavy atom. The molecule has 1 N–H and O–H groups in total. The summed E-state index contributed by atoms with van der Waals surface area (Å²) in [6.07, 6.45) is 8.53. The van der Waals surface area contributed by atoms with E-state index < -0.39 is 5.76 Å². The molecule has 0 aliphatic heterocycles. The first-order chi connectivity index (χ1) is 11.7. The van der Waals surface area contributed by atoms with Crippen molar-refractivity contribution in [2.24, 2.45) is 0 Å². The van der Waals surface area contributed by atoms with E-state index in [2.05, 4.69) is 10.4 Å². The van der Waals surface area contributed by atoms with E-state index in [0.29, 0.717) is 5.89 Å². The third-order valence-corrected chi connectivity index (χ3v) is 5.22. The number of amides is 1. The second kappa shape index (κ2) is 8.28. The average molecular weight is 349 g/mol. The van der Waals surface area contributed by atoms with E-state index in [1.807, 2.05) is 17.5 Å². The number of nitrogens with one attached hydrogen (secondary N) is 1. The molecule has 0 unspecified atom stereocenters. The number of rotatable bonds is 5. The van der Waals surface area contributed by atoms with Crippen LogP contribution in [0.15, 0.2) is 26.7 Å². The van der Waals surface area contributed by atoms with Crippen molar-refractivity contribution in [1.29, 1.82) is 0 Å². The normalized spacial score (nSPS) is 16.5. The SMILES string of the molecule is O=C(CCn1nc(-c2cccs2)oc1=O)NC1CCCCCCC1. The highest BCUT2D eigenvalue weighted by Crippen LogP contribution is 2.21. The van der Waals surface area contributed by atoms with E-state index in [4.69, 9.17) is 4.42 Å². The van der Waals surface area contributed by atoms with Gasteiger partial charge in [0.2, 0.25) is 5.91 Å². The number of carbonyl (C=O) groups is 1. The molecule has 2 heterocycles. The van der Waals surface area contributed by atoms with Crippen molar-refractivity contribution in [1.82, 2.24) is 15.1 Å². The number of hydrogen-bond donors (Lipinski definition) is 1. The molecule has 1 amide bonds. The summed E-state index contributed by atoms with van der Waals surface area (Å²) in [5.41, 5.74) is 0. The summed E-state index contributed by atoms with van der Waals surface area (Å²) in [7, 11) is 0. The maximum absolute atomic E-state index is 12.1. The van der Waals surface area contributed by atoms with Gasteiger partial charge >= 0.3 is 5.76 Å². The lowest BCUT2D eigenvalue weighted by Gasteiger charge is -2.20. The van der Waals surface area contributed by atoms with Gasteiger partial charge in [-0.2, -0.15) is 4.68 Å². The van der Waals surface area contributed by atoms with E-state index in [1.165, 1.54) is 48.1 Å². The molecule has 130 valence electrons. The third kappa shape index (κ3) is 4.56. The summed E-state index contributed by atoms with van der Waals surface area (Å²) >= 11 is 1.46. The summed E-state index contributed by atoms with van der Waals surface area (Å²) in [6.45, 7) is 0.242. The molecule has 2 aromatic rings. The van der Waals surface area contributed by atoms with E-state index in [0.717, 1.165) is 17.7 Å². The third-order valence-electron chi connectivity index (χ3n) is 4.36. The number of nitrogens with zero attached hydrogens (tertiary/aromatic N) is 2. The standard InChI is InChI=1S/C17H23N3O3S/c21-15(18-13-7-4-2-1-3-5-8-13)10-11-20-17(22)23-16(19-20)14-9-6-12-24-14/h6,9,12-13H,1-5,7-8,10-11H2,(H,18,21). The zero-order chi connectivity index (χ0) is 16.8. The van der Waals surface area contributed by atoms with Gasteiger partial charge in [-0.1, -0.05) is 38.2 Å². The lowest BCUT2D eigenvalue weighted by Crippen LogP contribution is -2.36. The highest BCUT2D eigenvalue weighted by molar-refractivity contribution is 7.13. The van der Waals surface area contributed by atoms with E-state index in [9.17, 15) is 9.59 Å². The topological polar surface area (TPSA) is 77.1 Å². The minimum Gasteiger partial charge on any atom is -0.387 e. The molecule has 1 fully saturated rings. The minimum atomic E-state index is -0.517. The first-order valence-electron chi connectivity index (χ1n) is 8.63. The van der Waals surface area contributed by atoms with Crippen molar-refractivity contribution in [2.75, 3.05) is 0 Å². The Hall–Kier alpha value is -1.89. The maximum atomic E-state index is 12.1. The minimum absolute atomic E-state index is 0.0202. The average Bonchev–Trinajstić information content (AvgIpc) is 3.17. The molecule has 0 atom stereocenters. The van der Waals surface area contributed by atoms with Gasteiger partial charge in [0, 0.05) is 12.5 Å². The molecule has 1 aliphatic rings. The zero-order valence-corrected chi connectivity index (χ0v) is 14.5. The van der Waals surface area contributed by atoms with Crippen LogP contribution >= 0.6 is 11.3 Å². The Bertz CT molecular complexity index is 697. The van der Waals surface area contributed by atoms with Crippen LogP contribution in [0.25, 0.3) is 10.8 Å². The molecule has 0 saturated heterocycles. The smallest absolute Gasteiger partial charge is 0.387 e. The molecule has 24 heavy (non-hydrogen) atoms. The Labute approximate surface area is 144 Å². The second-order valence-electron chi connectivity index (χ2n) is 6.23. The van der Waals surface area contributed by atoms with E-state index in [-0.39, 0.29) is 24.9 Å². The monoisotopic (exact) mass is 349 g/mol. The summed E-state index contributed by atoms with van der Waals surface area (Å²) < 4.78 is 6.38. The number of hydrogen-bond acceptors (Lipinski definition) is 5. The van der Waals surface area contributed by atoms with Crippen molar-refractivity contribution in [3.05, 3.63) is 28.1 Å². The van der Waals surface area contributed by atoms with Crippen molar-refractivity contribution in [3.63, 3.8) is 0 Å². The first kappa shape index (κ1) is 17.0. The molecule has 1 saturated carbocycles. The Morgan fingerprint density at radius 1 is 1.29 bits per heavy atom. The van der Waals surface area contributed by atoms with Crippen LogP contribution in [0, 0.1) is 0 Å². The van der Waals surface area contributed by atoms with Gasteiger partial charge < -0.3 is 9.73 Å². The van der Waals surface area contributed by atoms with Gasteiger partial charge in [-0.3, -0.25) is 4.79 Å². The molecular weight excluding hydrogens is 326 g/mol. The predicted octanol–water partition coefficient (Wildman–Crippen LogP) is 3.18. The lowest BCUT2D eigenvalue weighted by atomic mass is 9.96. The van der Waals surface area contributed by atoms with Gasteiger partial charge in [-0.05, 0) is 24.3 Å². The zero-order valence-electron chi connectivity index (χ0n) is 13.7. The largest absolute Gasteiger partial charge is 0.437 e. The van der Waals surface area contributed by atoms with Crippen molar-refractivity contribution in [3.8, 4) is 10.8 Å². The summed E-state index contributed by atoms with van der Waals surface area (Å²) in [6, 6.07) is 4.00. The van der Waals surface area contributed by atoms with Gasteiger partial charge in [-0.25, -0.2) is 4.79 Å². The lowest BCUT2D eigenvalue weighted by molar-refractivity contribution is -0.122. The fraction of sp³-hybridized carbons (Fsp3) is 0.588. The summed E-state index contributed by atoms with van der Waals surface area (Å²) in [5.74, 6) is -0.222. The number of aryl methyl sites for hydroxylation is 1. The van der Waals surface area contributed by atoms with Gasteiger partial charge in [0.25, 0.3) is 5.89 Å². The Balaban J connectivity index is 1.51. The molecule has 2 aromatic heterocycles. The van der Waals surface area contributed by atoms with Gasteiger partial charge in [-0.15, -0.1) is 16.4 Å². The molecule has 0 aromatic carbocycles. The molecule has 7 heteroatoms. The molecule has 1 aliphatic carbocycles. The number of aromatic nitrogens is 2. The molecular formula is C17H23N3O3S. The summed E-state index contributed by atoms with van der Waals surface area (Å²) in [4.78, 5) is 24.8. The van der Waals surface area contributed by atoms with Crippen LogP contribution in [0.1, 0.15) is 51.4 Å². The molecule has 3 rings (SSSR count). The van der Waals surface area contributed by atoms with Crippen LogP contribution in [0.4, 0.5) is 0 Å².